The van der Waals surface area contributed by atoms with E-state index in [0.717, 1.165) is 5.56 Å². The number of pyridine rings is 1. The van der Waals surface area contributed by atoms with Crippen LogP contribution in [0.3, 0.4) is 0 Å². The molecule has 0 fully saturated rings. The topological polar surface area (TPSA) is 63.2 Å². The molecule has 138 valence electrons. The van der Waals surface area contributed by atoms with E-state index in [1.54, 1.807) is 36.7 Å². The highest BCUT2D eigenvalue weighted by Gasteiger charge is 2.12. The van der Waals surface area contributed by atoms with Crippen LogP contribution in [0.5, 0.6) is 0 Å². The third-order valence-corrected chi connectivity index (χ3v) is 4.12. The summed E-state index contributed by atoms with van der Waals surface area (Å²) in [4.78, 5) is 21.5. The van der Waals surface area contributed by atoms with Crippen molar-refractivity contribution in [2.24, 2.45) is 0 Å². The van der Waals surface area contributed by atoms with Gasteiger partial charge in [0.1, 0.15) is 12.4 Å². The summed E-state index contributed by atoms with van der Waals surface area (Å²) >= 11 is 5.73. The minimum Gasteiger partial charge on any atom is -0.380 e. The van der Waals surface area contributed by atoms with Gasteiger partial charge < -0.3 is 5.32 Å². The van der Waals surface area contributed by atoms with Gasteiger partial charge in [0.05, 0.1) is 10.6 Å². The molecule has 3 aromatic rings. The van der Waals surface area contributed by atoms with Crippen LogP contribution < -0.4 is 10.8 Å². The van der Waals surface area contributed by atoms with Gasteiger partial charge in [0, 0.05) is 30.2 Å². The van der Waals surface area contributed by atoms with Crippen molar-refractivity contribution in [3.05, 3.63) is 94.5 Å². The normalized spacial score (nSPS) is 10.4. The molecule has 0 bridgehead atoms. The van der Waals surface area contributed by atoms with E-state index in [2.05, 4.69) is 15.8 Å². The number of nitrogens with one attached hydrogen (secondary N) is 2. The highest BCUT2D eigenvalue weighted by atomic mass is 35.5. The van der Waals surface area contributed by atoms with Crippen LogP contribution >= 0.6 is 11.6 Å². The van der Waals surface area contributed by atoms with Gasteiger partial charge in [0.2, 0.25) is 0 Å². The Kier molecular flexibility index (Phi) is 6.35. The van der Waals surface area contributed by atoms with E-state index in [9.17, 15) is 9.18 Å². The fraction of sp³-hybridized carbons (Fsp3) is 0.100. The Balaban J connectivity index is 1.60. The van der Waals surface area contributed by atoms with Crippen LogP contribution in [0.4, 0.5) is 10.1 Å². The zero-order chi connectivity index (χ0) is 19.1. The summed E-state index contributed by atoms with van der Waals surface area (Å²) < 4.78 is 13.8. The van der Waals surface area contributed by atoms with Gasteiger partial charge in [-0.3, -0.25) is 14.6 Å². The van der Waals surface area contributed by atoms with E-state index in [1.165, 1.54) is 12.1 Å². The zero-order valence-corrected chi connectivity index (χ0v) is 15.0. The SMILES string of the molecule is O=C(NOCc1cccc(Cl)c1F)c1ccccc1NCc1ccncc1. The van der Waals surface area contributed by atoms with Gasteiger partial charge in [-0.05, 0) is 35.9 Å². The van der Waals surface area contributed by atoms with Crippen LogP contribution in [0, 0.1) is 5.82 Å². The minimum absolute atomic E-state index is 0.00749. The van der Waals surface area contributed by atoms with Crippen molar-refractivity contribution in [2.75, 3.05) is 5.32 Å². The van der Waals surface area contributed by atoms with Crippen LogP contribution in [-0.2, 0) is 18.0 Å². The number of amides is 1. The van der Waals surface area contributed by atoms with Gasteiger partial charge in [-0.2, -0.15) is 0 Å². The van der Waals surface area contributed by atoms with Crippen LogP contribution in [0.2, 0.25) is 5.02 Å². The smallest absolute Gasteiger partial charge is 0.276 e. The summed E-state index contributed by atoms with van der Waals surface area (Å²) in [6, 6.07) is 15.4. The van der Waals surface area contributed by atoms with Gasteiger partial charge in [-0.15, -0.1) is 0 Å². The Morgan fingerprint density at radius 2 is 1.85 bits per heavy atom. The van der Waals surface area contributed by atoms with Gasteiger partial charge in [-0.1, -0.05) is 35.9 Å². The van der Waals surface area contributed by atoms with Crippen LogP contribution in [-0.4, -0.2) is 10.9 Å². The maximum absolute atomic E-state index is 13.8. The number of para-hydroxylation sites is 1. The van der Waals surface area contributed by atoms with E-state index in [-0.39, 0.29) is 17.2 Å². The second-order valence-electron chi connectivity index (χ2n) is 5.69. The Morgan fingerprint density at radius 1 is 1.07 bits per heavy atom. The number of anilines is 1. The summed E-state index contributed by atoms with van der Waals surface area (Å²) in [6.45, 7) is 0.409. The highest BCUT2D eigenvalue weighted by molar-refractivity contribution is 6.30. The molecule has 0 unspecified atom stereocenters. The summed E-state index contributed by atoms with van der Waals surface area (Å²) in [7, 11) is 0. The molecular formula is C20H17ClFN3O2. The molecule has 0 atom stereocenters. The number of carbonyl (C=O) groups excluding carboxylic acids is 1. The van der Waals surface area contributed by atoms with Crippen LogP contribution in [0.25, 0.3) is 0 Å². The second kappa shape index (κ2) is 9.12. The molecule has 0 saturated carbocycles. The second-order valence-corrected chi connectivity index (χ2v) is 6.09. The number of aromatic nitrogens is 1. The Morgan fingerprint density at radius 3 is 2.67 bits per heavy atom. The van der Waals surface area contributed by atoms with Gasteiger partial charge >= 0.3 is 0 Å². The number of halogens is 2. The lowest BCUT2D eigenvalue weighted by molar-refractivity contribution is 0.0224. The summed E-state index contributed by atoms with van der Waals surface area (Å²) in [5.74, 6) is -0.997. The molecule has 0 saturated heterocycles. The first-order chi connectivity index (χ1) is 13.1. The first kappa shape index (κ1) is 18.8. The highest BCUT2D eigenvalue weighted by Crippen LogP contribution is 2.19. The first-order valence-corrected chi connectivity index (χ1v) is 8.60. The number of benzene rings is 2. The lowest BCUT2D eigenvalue weighted by Gasteiger charge is -2.12. The van der Waals surface area contributed by atoms with Crippen molar-refractivity contribution in [3.63, 3.8) is 0 Å². The summed E-state index contributed by atoms with van der Waals surface area (Å²) in [5.41, 5.74) is 4.70. The molecule has 0 aliphatic heterocycles. The molecule has 7 heteroatoms. The molecule has 2 N–H and O–H groups in total. The molecule has 0 aliphatic rings. The van der Waals surface area contributed by atoms with Crippen molar-refractivity contribution >= 4 is 23.2 Å². The molecule has 1 amide bonds. The predicted molar refractivity (Wildman–Crippen MR) is 102 cm³/mol. The van der Waals surface area contributed by atoms with Crippen molar-refractivity contribution in [1.29, 1.82) is 0 Å². The first-order valence-electron chi connectivity index (χ1n) is 8.22. The standard InChI is InChI=1S/C20H17ClFN3O2/c21-17-6-3-4-15(19(17)22)13-27-25-20(26)16-5-1-2-7-18(16)24-12-14-8-10-23-11-9-14/h1-11,24H,12-13H2,(H,25,26). The van der Waals surface area contributed by atoms with Crippen molar-refractivity contribution in [2.45, 2.75) is 13.2 Å². The van der Waals surface area contributed by atoms with E-state index >= 15 is 0 Å². The van der Waals surface area contributed by atoms with Gasteiger partial charge in [-0.25, -0.2) is 9.87 Å². The fourth-order valence-corrected chi connectivity index (χ4v) is 2.62. The van der Waals surface area contributed by atoms with Crippen molar-refractivity contribution in [3.8, 4) is 0 Å². The minimum atomic E-state index is -0.562. The molecule has 0 spiro atoms. The Hall–Kier alpha value is -2.96. The molecule has 27 heavy (non-hydrogen) atoms. The average molecular weight is 386 g/mol. The number of hydrogen-bond acceptors (Lipinski definition) is 4. The summed E-state index contributed by atoms with van der Waals surface area (Å²) in [6.07, 6.45) is 3.41. The van der Waals surface area contributed by atoms with E-state index in [0.29, 0.717) is 17.8 Å². The lowest BCUT2D eigenvalue weighted by atomic mass is 10.1. The quantitative estimate of drug-likeness (QED) is 0.593. The Bertz CT molecular complexity index is 922. The molecule has 2 aromatic carbocycles. The van der Waals surface area contributed by atoms with Crippen molar-refractivity contribution < 1.29 is 14.0 Å². The van der Waals surface area contributed by atoms with E-state index in [1.807, 2.05) is 18.2 Å². The molecule has 1 aromatic heterocycles. The zero-order valence-electron chi connectivity index (χ0n) is 14.3. The molecule has 3 rings (SSSR count). The predicted octanol–water partition coefficient (Wildman–Crippen LogP) is 4.35. The molecule has 5 nitrogen and oxygen atoms in total. The molecule has 1 heterocycles. The number of rotatable bonds is 7. The number of nitrogens with zero attached hydrogens (tertiary/aromatic N) is 1. The Labute approximate surface area is 161 Å². The largest absolute Gasteiger partial charge is 0.380 e. The molecule has 0 aliphatic carbocycles. The number of hydrogen-bond donors (Lipinski definition) is 2. The summed E-state index contributed by atoms with van der Waals surface area (Å²) in [5, 5.41) is 3.22. The monoisotopic (exact) mass is 385 g/mol. The number of hydroxylamine groups is 1. The van der Waals surface area contributed by atoms with E-state index < -0.39 is 11.7 Å². The third-order valence-electron chi connectivity index (χ3n) is 3.83. The van der Waals surface area contributed by atoms with E-state index in [4.69, 9.17) is 16.4 Å². The van der Waals surface area contributed by atoms with Gasteiger partial charge in [0.25, 0.3) is 5.91 Å². The fourth-order valence-electron chi connectivity index (χ4n) is 2.43. The van der Waals surface area contributed by atoms with Crippen LogP contribution in [0.15, 0.2) is 67.0 Å². The van der Waals surface area contributed by atoms with Crippen LogP contribution in [0.1, 0.15) is 21.5 Å². The van der Waals surface area contributed by atoms with Gasteiger partial charge in [0.15, 0.2) is 0 Å². The van der Waals surface area contributed by atoms with Crippen molar-refractivity contribution in [1.82, 2.24) is 10.5 Å². The lowest BCUT2D eigenvalue weighted by Crippen LogP contribution is -2.24. The number of carbonyl (C=O) groups is 1. The third kappa shape index (κ3) is 5.03. The molecule has 0 radical (unpaired) electrons. The average Bonchev–Trinajstić information content (AvgIpc) is 2.70. The maximum atomic E-state index is 13.8. The maximum Gasteiger partial charge on any atom is 0.276 e. The molecular weight excluding hydrogens is 369 g/mol.